The molecule has 1 N–H and O–H groups in total. The summed E-state index contributed by atoms with van der Waals surface area (Å²) < 4.78 is 5.83. The zero-order valence-electron chi connectivity index (χ0n) is 18.8. The van der Waals surface area contributed by atoms with E-state index in [0.29, 0.717) is 6.04 Å². The van der Waals surface area contributed by atoms with Crippen molar-refractivity contribution in [3.63, 3.8) is 0 Å². The highest BCUT2D eigenvalue weighted by atomic mass is 32.1. The average molecular weight is 465 g/mol. The molecule has 5 aromatic rings. The van der Waals surface area contributed by atoms with Gasteiger partial charge in [0, 0.05) is 16.7 Å². The molecule has 0 saturated carbocycles. The van der Waals surface area contributed by atoms with Gasteiger partial charge in [-0.2, -0.15) is 4.37 Å². The lowest BCUT2D eigenvalue weighted by Gasteiger charge is -2.37. The average Bonchev–Trinajstić information content (AvgIpc) is 3.36. The minimum absolute atomic E-state index is 0.336. The van der Waals surface area contributed by atoms with Crippen LogP contribution in [0.2, 0.25) is 0 Å². The highest BCUT2D eigenvalue weighted by molar-refractivity contribution is 7.14. The summed E-state index contributed by atoms with van der Waals surface area (Å²) in [5.74, 6) is 1.01. The first-order valence-electron chi connectivity index (χ1n) is 11.7. The smallest absolute Gasteiger partial charge is 0.152 e. The molecular weight excluding hydrogens is 438 g/mol. The number of hydrogen-bond acceptors (Lipinski definition) is 5. The van der Waals surface area contributed by atoms with Gasteiger partial charge in [-0.25, -0.2) is 9.97 Å². The van der Waals surface area contributed by atoms with Gasteiger partial charge in [0.05, 0.1) is 26.2 Å². The van der Waals surface area contributed by atoms with Gasteiger partial charge >= 0.3 is 0 Å². The van der Waals surface area contributed by atoms with Crippen LogP contribution in [0.5, 0.6) is 0 Å². The van der Waals surface area contributed by atoms with Crippen LogP contribution in [0.4, 0.5) is 5.82 Å². The Labute approximate surface area is 203 Å². The summed E-state index contributed by atoms with van der Waals surface area (Å²) >= 11 is 1.51. The number of hydrogen-bond donors (Lipinski definition) is 1. The van der Waals surface area contributed by atoms with Crippen molar-refractivity contribution in [1.82, 2.24) is 14.3 Å². The monoisotopic (exact) mass is 464 g/mol. The molecule has 3 aromatic carbocycles. The van der Waals surface area contributed by atoms with Crippen LogP contribution in [-0.2, 0) is 0 Å². The van der Waals surface area contributed by atoms with Crippen molar-refractivity contribution in [2.45, 2.75) is 6.04 Å². The van der Waals surface area contributed by atoms with Crippen molar-refractivity contribution < 1.29 is 4.90 Å². The molecule has 1 aliphatic heterocycles. The SMILES string of the molecule is c1ccc(-c2nsc3c(N4CC[NH+](C(c5ccccc5)c5ccccc5)CC4)ncnc23)cc1. The molecule has 2 aromatic heterocycles. The number of anilines is 1. The third-order valence-electron chi connectivity index (χ3n) is 6.66. The van der Waals surface area contributed by atoms with Crippen LogP contribution in [-0.4, -0.2) is 40.5 Å². The summed E-state index contributed by atoms with van der Waals surface area (Å²) in [5, 5.41) is 0. The van der Waals surface area contributed by atoms with Gasteiger partial charge in [0.25, 0.3) is 0 Å². The summed E-state index contributed by atoms with van der Waals surface area (Å²) in [6.45, 7) is 4.00. The maximum absolute atomic E-state index is 4.75. The first-order valence-corrected chi connectivity index (χ1v) is 12.5. The molecular formula is C28H26N5S+. The molecule has 34 heavy (non-hydrogen) atoms. The lowest BCUT2D eigenvalue weighted by Crippen LogP contribution is -3.15. The van der Waals surface area contributed by atoms with E-state index in [1.165, 1.54) is 22.7 Å². The topological polar surface area (TPSA) is 46.4 Å². The van der Waals surface area contributed by atoms with Crippen LogP contribution < -0.4 is 9.80 Å². The Bertz CT molecular complexity index is 1320. The molecule has 168 valence electrons. The van der Waals surface area contributed by atoms with E-state index in [4.69, 9.17) is 9.36 Å². The largest absolute Gasteiger partial charge is 0.344 e. The summed E-state index contributed by atoms with van der Waals surface area (Å²) in [4.78, 5) is 13.3. The molecule has 0 unspecified atom stereocenters. The zero-order chi connectivity index (χ0) is 22.7. The molecule has 0 aliphatic carbocycles. The van der Waals surface area contributed by atoms with E-state index >= 15 is 0 Å². The third-order valence-corrected chi connectivity index (χ3v) is 7.50. The number of nitrogens with zero attached hydrogens (tertiary/aromatic N) is 4. The van der Waals surface area contributed by atoms with Crippen LogP contribution in [0.1, 0.15) is 17.2 Å². The molecule has 3 heterocycles. The normalized spacial score (nSPS) is 14.7. The summed E-state index contributed by atoms with van der Waals surface area (Å²) in [7, 11) is 0. The number of piperazine rings is 1. The Morgan fingerprint density at radius 2 is 1.32 bits per heavy atom. The van der Waals surface area contributed by atoms with Gasteiger partial charge in [0.15, 0.2) is 5.82 Å². The van der Waals surface area contributed by atoms with E-state index in [1.807, 2.05) is 18.2 Å². The number of rotatable bonds is 5. The van der Waals surface area contributed by atoms with E-state index < -0.39 is 0 Å². The highest BCUT2D eigenvalue weighted by Crippen LogP contribution is 2.34. The molecule has 1 saturated heterocycles. The highest BCUT2D eigenvalue weighted by Gasteiger charge is 2.31. The van der Waals surface area contributed by atoms with E-state index in [0.717, 1.165) is 53.5 Å². The lowest BCUT2D eigenvalue weighted by atomic mass is 9.96. The second-order valence-corrected chi connectivity index (χ2v) is 9.45. The Hall–Kier alpha value is -3.61. The second kappa shape index (κ2) is 9.33. The number of benzene rings is 3. The van der Waals surface area contributed by atoms with Gasteiger partial charge in [0.2, 0.25) is 0 Å². The van der Waals surface area contributed by atoms with Gasteiger partial charge in [-0.05, 0) is 11.5 Å². The summed E-state index contributed by atoms with van der Waals surface area (Å²) in [5.41, 5.74) is 5.73. The molecule has 0 spiro atoms. The van der Waals surface area contributed by atoms with Crippen LogP contribution in [0.3, 0.4) is 0 Å². The van der Waals surface area contributed by atoms with E-state index in [2.05, 4.69) is 82.7 Å². The number of nitrogens with one attached hydrogen (secondary N) is 1. The fraction of sp³-hybridized carbons (Fsp3) is 0.179. The van der Waals surface area contributed by atoms with Crippen molar-refractivity contribution in [3.8, 4) is 11.3 Å². The van der Waals surface area contributed by atoms with Crippen molar-refractivity contribution in [2.24, 2.45) is 0 Å². The minimum Gasteiger partial charge on any atom is -0.344 e. The lowest BCUT2D eigenvalue weighted by molar-refractivity contribution is -0.926. The van der Waals surface area contributed by atoms with Crippen molar-refractivity contribution >= 4 is 27.6 Å². The Balaban J connectivity index is 1.27. The van der Waals surface area contributed by atoms with E-state index in [9.17, 15) is 0 Å². The predicted molar refractivity (Wildman–Crippen MR) is 138 cm³/mol. The third kappa shape index (κ3) is 3.95. The van der Waals surface area contributed by atoms with Gasteiger partial charge in [-0.1, -0.05) is 91.0 Å². The molecule has 0 atom stereocenters. The van der Waals surface area contributed by atoms with Crippen molar-refractivity contribution in [2.75, 3.05) is 31.1 Å². The number of fused-ring (bicyclic) bond motifs is 1. The standard InChI is InChI=1S/C28H25N5S/c1-4-10-21(11-5-1)24-25-27(34-31-24)28(30-20-29-25)33-18-16-32(17-19-33)26(22-12-6-2-7-13-22)23-14-8-3-9-15-23/h1-15,20,26H,16-19H2/p+1. The maximum atomic E-state index is 4.75. The van der Waals surface area contributed by atoms with Gasteiger partial charge in [-0.15, -0.1) is 0 Å². The van der Waals surface area contributed by atoms with Crippen LogP contribution in [0.15, 0.2) is 97.3 Å². The molecule has 0 amide bonds. The van der Waals surface area contributed by atoms with Crippen LogP contribution in [0, 0.1) is 0 Å². The second-order valence-electron chi connectivity index (χ2n) is 8.67. The molecule has 0 radical (unpaired) electrons. The van der Waals surface area contributed by atoms with Gasteiger partial charge in [0.1, 0.15) is 28.3 Å². The molecule has 6 rings (SSSR count). The first kappa shape index (κ1) is 21.0. The first-order chi connectivity index (χ1) is 16.9. The number of aromatic nitrogens is 3. The summed E-state index contributed by atoms with van der Waals surface area (Å²) in [6, 6.07) is 32.4. The summed E-state index contributed by atoms with van der Waals surface area (Å²) in [6.07, 6.45) is 1.69. The van der Waals surface area contributed by atoms with Crippen LogP contribution in [0.25, 0.3) is 21.5 Å². The van der Waals surface area contributed by atoms with E-state index in [1.54, 1.807) is 11.2 Å². The van der Waals surface area contributed by atoms with Crippen molar-refractivity contribution in [3.05, 3.63) is 108 Å². The molecule has 1 fully saturated rings. The molecule has 5 nitrogen and oxygen atoms in total. The Morgan fingerprint density at radius 3 is 1.94 bits per heavy atom. The predicted octanol–water partition coefficient (Wildman–Crippen LogP) is 4.25. The maximum Gasteiger partial charge on any atom is 0.152 e. The quantitative estimate of drug-likeness (QED) is 0.423. The fourth-order valence-corrected chi connectivity index (χ4v) is 5.89. The zero-order valence-corrected chi connectivity index (χ0v) is 19.7. The molecule has 6 heteroatoms. The van der Waals surface area contributed by atoms with Crippen LogP contribution >= 0.6 is 11.5 Å². The fourth-order valence-electron chi connectivity index (χ4n) is 5.01. The molecule has 0 bridgehead atoms. The van der Waals surface area contributed by atoms with Gasteiger partial charge in [-0.3, -0.25) is 0 Å². The minimum atomic E-state index is 0.336. The Kier molecular flexibility index (Phi) is 5.75. The Morgan fingerprint density at radius 1 is 0.735 bits per heavy atom. The number of quaternary nitrogens is 1. The molecule has 1 aliphatic rings. The van der Waals surface area contributed by atoms with Crippen molar-refractivity contribution in [1.29, 1.82) is 0 Å². The van der Waals surface area contributed by atoms with Gasteiger partial charge < -0.3 is 9.80 Å². The van der Waals surface area contributed by atoms with E-state index in [-0.39, 0.29) is 0 Å².